The summed E-state index contributed by atoms with van der Waals surface area (Å²) in [5.41, 5.74) is -0.943. The first kappa shape index (κ1) is 23.7. The van der Waals surface area contributed by atoms with Gasteiger partial charge in [0.25, 0.3) is 0 Å². The Kier molecular flexibility index (Phi) is 7.12. The number of rotatable bonds is 2. The van der Waals surface area contributed by atoms with Gasteiger partial charge in [-0.1, -0.05) is 18.0 Å². The van der Waals surface area contributed by atoms with Crippen molar-refractivity contribution in [1.82, 2.24) is 15.2 Å². The van der Waals surface area contributed by atoms with Crippen LogP contribution in [0, 0.1) is 5.92 Å². The van der Waals surface area contributed by atoms with Gasteiger partial charge in [0.15, 0.2) is 0 Å². The Morgan fingerprint density at radius 3 is 2.45 bits per heavy atom. The van der Waals surface area contributed by atoms with Gasteiger partial charge in [-0.3, -0.25) is 0 Å². The molecular weight excluding hydrogens is 450 g/mol. The number of anilines is 1. The Morgan fingerprint density at radius 1 is 1.06 bits per heavy atom. The van der Waals surface area contributed by atoms with E-state index >= 15 is 0 Å². The average Bonchev–Trinajstić information content (AvgIpc) is 2.93. The highest BCUT2D eigenvalue weighted by Gasteiger charge is 2.42. The third-order valence-electron chi connectivity index (χ3n) is 5.70. The number of halogens is 7. The summed E-state index contributed by atoms with van der Waals surface area (Å²) in [4.78, 5) is 19.7. The van der Waals surface area contributed by atoms with Crippen LogP contribution in [-0.4, -0.2) is 54.3 Å². The van der Waals surface area contributed by atoms with Gasteiger partial charge in [0.05, 0.1) is 16.5 Å². The third-order valence-corrected chi connectivity index (χ3v) is 5.97. The summed E-state index contributed by atoms with van der Waals surface area (Å²) in [6.45, 7) is 1.35. The minimum atomic E-state index is -4.55. The molecule has 0 bridgehead atoms. The summed E-state index contributed by atoms with van der Waals surface area (Å²) in [6.07, 6.45) is -6.72. The molecule has 0 spiro atoms. The number of amides is 2. The van der Waals surface area contributed by atoms with Crippen molar-refractivity contribution < 1.29 is 31.1 Å². The van der Waals surface area contributed by atoms with E-state index in [1.54, 1.807) is 4.90 Å². The van der Waals surface area contributed by atoms with E-state index in [9.17, 15) is 31.1 Å². The number of aromatic nitrogens is 1. The minimum absolute atomic E-state index is 0.0788. The number of nitrogens with one attached hydrogen (secondary N) is 1. The van der Waals surface area contributed by atoms with E-state index in [1.807, 2.05) is 0 Å². The second kappa shape index (κ2) is 9.30. The predicted molar refractivity (Wildman–Crippen MR) is 103 cm³/mol. The van der Waals surface area contributed by atoms with E-state index in [4.69, 9.17) is 11.6 Å². The lowest BCUT2D eigenvalue weighted by Crippen LogP contribution is -2.48. The molecule has 0 radical (unpaired) electrons. The number of hydrogen-bond donors (Lipinski definition) is 1. The SMILES string of the molecule is O=C(N[C@H]1CCC[C@H](C(F)(F)F)C1)N1CCCN(c2ncc(C(F)(F)F)cc2Cl)CC1. The van der Waals surface area contributed by atoms with Crippen LogP contribution in [0.15, 0.2) is 12.3 Å². The first-order chi connectivity index (χ1) is 14.4. The fraction of sp³-hybridized carbons (Fsp3) is 0.684. The van der Waals surface area contributed by atoms with Crippen LogP contribution in [0.3, 0.4) is 0 Å². The molecule has 2 aliphatic rings. The zero-order valence-electron chi connectivity index (χ0n) is 16.6. The van der Waals surface area contributed by atoms with Crippen molar-refractivity contribution in [2.75, 3.05) is 31.1 Å². The monoisotopic (exact) mass is 472 g/mol. The number of urea groups is 1. The Labute approximate surface area is 180 Å². The van der Waals surface area contributed by atoms with Crippen LogP contribution < -0.4 is 10.2 Å². The van der Waals surface area contributed by atoms with Crippen molar-refractivity contribution >= 4 is 23.4 Å². The van der Waals surface area contributed by atoms with Gasteiger partial charge >= 0.3 is 18.4 Å². The molecule has 2 fully saturated rings. The van der Waals surface area contributed by atoms with Crippen LogP contribution in [0.25, 0.3) is 0 Å². The van der Waals surface area contributed by atoms with Crippen molar-refractivity contribution in [2.45, 2.75) is 50.5 Å². The Balaban J connectivity index is 1.58. The van der Waals surface area contributed by atoms with E-state index in [-0.39, 0.29) is 30.2 Å². The molecule has 1 N–H and O–H groups in total. The minimum Gasteiger partial charge on any atom is -0.354 e. The zero-order valence-corrected chi connectivity index (χ0v) is 17.3. The average molecular weight is 473 g/mol. The van der Waals surface area contributed by atoms with Crippen LogP contribution in [-0.2, 0) is 6.18 Å². The van der Waals surface area contributed by atoms with Crippen molar-refractivity contribution in [3.63, 3.8) is 0 Å². The molecule has 1 aromatic rings. The van der Waals surface area contributed by atoms with Gasteiger partial charge in [-0.05, 0) is 31.7 Å². The summed E-state index contributed by atoms with van der Waals surface area (Å²) in [5, 5.41) is 2.58. The van der Waals surface area contributed by atoms with Gasteiger partial charge in [0, 0.05) is 38.4 Å². The van der Waals surface area contributed by atoms with Crippen LogP contribution in [0.1, 0.15) is 37.7 Å². The van der Waals surface area contributed by atoms with E-state index < -0.39 is 35.9 Å². The quantitative estimate of drug-likeness (QED) is 0.609. The number of hydrogen-bond acceptors (Lipinski definition) is 3. The summed E-state index contributed by atoms with van der Waals surface area (Å²) < 4.78 is 77.3. The second-order valence-electron chi connectivity index (χ2n) is 7.91. The molecule has 1 aliphatic carbocycles. The molecule has 3 rings (SSSR count). The third kappa shape index (κ3) is 6.08. The highest BCUT2D eigenvalue weighted by atomic mass is 35.5. The number of nitrogens with zero attached hydrogens (tertiary/aromatic N) is 3. The number of carbonyl (C=O) groups is 1. The van der Waals surface area contributed by atoms with Gasteiger partial charge < -0.3 is 15.1 Å². The molecule has 0 unspecified atom stereocenters. The van der Waals surface area contributed by atoms with Gasteiger partial charge in [0.2, 0.25) is 0 Å². The van der Waals surface area contributed by atoms with Crippen molar-refractivity contribution in [3.8, 4) is 0 Å². The zero-order chi connectivity index (χ0) is 22.8. The van der Waals surface area contributed by atoms with Crippen molar-refractivity contribution in [2.24, 2.45) is 5.92 Å². The summed E-state index contributed by atoms with van der Waals surface area (Å²) >= 11 is 6.01. The van der Waals surface area contributed by atoms with Crippen LogP contribution >= 0.6 is 11.6 Å². The summed E-state index contributed by atoms with van der Waals surface area (Å²) in [5.74, 6) is -1.20. The van der Waals surface area contributed by atoms with E-state index in [0.29, 0.717) is 38.9 Å². The van der Waals surface area contributed by atoms with E-state index in [0.717, 1.165) is 12.3 Å². The molecule has 1 saturated carbocycles. The fourth-order valence-electron chi connectivity index (χ4n) is 4.03. The van der Waals surface area contributed by atoms with E-state index in [1.165, 1.54) is 4.90 Å². The van der Waals surface area contributed by atoms with Gasteiger partial charge in [-0.15, -0.1) is 0 Å². The standard InChI is InChI=1S/C19H23ClF6N4O/c20-15-10-13(19(24,25)26)11-27-16(15)29-5-2-6-30(8-7-29)17(31)28-14-4-1-3-12(9-14)18(21,22)23/h10-12,14H,1-9H2,(H,28,31)/t12-,14-/m0/s1. The highest BCUT2D eigenvalue weighted by Crippen LogP contribution is 2.37. The molecule has 1 aliphatic heterocycles. The van der Waals surface area contributed by atoms with Crippen LogP contribution in [0.2, 0.25) is 5.02 Å². The normalized spacial score (nSPS) is 23.5. The van der Waals surface area contributed by atoms with Crippen LogP contribution in [0.4, 0.5) is 37.0 Å². The maximum absolute atomic E-state index is 13.0. The predicted octanol–water partition coefficient (Wildman–Crippen LogP) is 5.10. The molecule has 5 nitrogen and oxygen atoms in total. The molecule has 12 heteroatoms. The summed E-state index contributed by atoms with van der Waals surface area (Å²) in [7, 11) is 0. The van der Waals surface area contributed by atoms with Gasteiger partial charge in [-0.2, -0.15) is 26.3 Å². The second-order valence-corrected chi connectivity index (χ2v) is 8.31. The Hall–Kier alpha value is -1.91. The lowest BCUT2D eigenvalue weighted by Gasteiger charge is -2.32. The largest absolute Gasteiger partial charge is 0.417 e. The molecule has 1 saturated heterocycles. The van der Waals surface area contributed by atoms with Crippen molar-refractivity contribution in [1.29, 1.82) is 0 Å². The van der Waals surface area contributed by atoms with Crippen molar-refractivity contribution in [3.05, 3.63) is 22.8 Å². The van der Waals surface area contributed by atoms with Crippen LogP contribution in [0.5, 0.6) is 0 Å². The molecule has 31 heavy (non-hydrogen) atoms. The van der Waals surface area contributed by atoms with Gasteiger partial charge in [0.1, 0.15) is 5.82 Å². The van der Waals surface area contributed by atoms with E-state index in [2.05, 4.69) is 10.3 Å². The number of carbonyl (C=O) groups excluding carboxylic acids is 1. The topological polar surface area (TPSA) is 48.5 Å². The van der Waals surface area contributed by atoms with Gasteiger partial charge in [-0.25, -0.2) is 9.78 Å². The Bertz CT molecular complexity index is 788. The smallest absolute Gasteiger partial charge is 0.354 e. The number of pyridine rings is 1. The highest BCUT2D eigenvalue weighted by molar-refractivity contribution is 6.33. The number of alkyl halides is 6. The Morgan fingerprint density at radius 2 is 1.81 bits per heavy atom. The molecule has 0 aromatic carbocycles. The molecule has 2 heterocycles. The molecule has 2 amide bonds. The molecule has 174 valence electrons. The first-order valence-corrected chi connectivity index (χ1v) is 10.4. The first-order valence-electron chi connectivity index (χ1n) is 10.0. The lowest BCUT2D eigenvalue weighted by atomic mass is 9.85. The maximum Gasteiger partial charge on any atom is 0.417 e. The molecular formula is C19H23ClF6N4O. The molecule has 2 atom stereocenters. The summed E-state index contributed by atoms with van der Waals surface area (Å²) in [6, 6.07) is -0.140. The lowest BCUT2D eigenvalue weighted by molar-refractivity contribution is -0.183. The molecule has 1 aromatic heterocycles. The maximum atomic E-state index is 13.0. The fourth-order valence-corrected chi connectivity index (χ4v) is 4.32.